The van der Waals surface area contributed by atoms with Crippen LogP contribution in [0.2, 0.25) is 0 Å². The number of hydrogen-bond acceptors (Lipinski definition) is 1. The lowest BCUT2D eigenvalue weighted by atomic mass is 10.1. The molecule has 0 bridgehead atoms. The number of benzene rings is 9. The molecule has 0 aliphatic heterocycles. The minimum Gasteiger partial charge on any atom is -0.309 e. The summed E-state index contributed by atoms with van der Waals surface area (Å²) in [5.74, 6) is 0. The van der Waals surface area contributed by atoms with Crippen molar-refractivity contribution in [2.45, 2.75) is 0 Å². The fraction of sp³-hybridized carbons (Fsp3) is 0. The molecule has 0 fully saturated rings. The molecule has 13 rings (SSSR count). The Morgan fingerprint density at radius 1 is 0.266 bits per heavy atom. The number of aromatic nitrogens is 4. The minimum atomic E-state index is -2.75. The third-order valence-electron chi connectivity index (χ3n) is 13.4. The number of para-hydroxylation sites is 3. The number of fused-ring (bicyclic) bond motifs is 9. The molecule has 0 N–H and O–H groups in total. The third kappa shape index (κ3) is 5.31. The van der Waals surface area contributed by atoms with Crippen molar-refractivity contribution in [3.8, 4) is 17.1 Å². The zero-order chi connectivity index (χ0) is 42.2. The molecule has 0 atom stereocenters. The molecular weight excluding hydrogens is 793 g/mol. The number of nitrogens with zero attached hydrogens (tertiary/aromatic N) is 4. The summed E-state index contributed by atoms with van der Waals surface area (Å²) in [4.78, 5) is 4.92. The summed E-state index contributed by atoms with van der Waals surface area (Å²) in [6.07, 6.45) is 1.89. The van der Waals surface area contributed by atoms with Gasteiger partial charge in [0.25, 0.3) is 0 Å². The van der Waals surface area contributed by atoms with Crippen LogP contribution in [-0.4, -0.2) is 26.8 Å². The van der Waals surface area contributed by atoms with Gasteiger partial charge < -0.3 is 9.13 Å². The normalized spacial score (nSPS) is 12.1. The lowest BCUT2D eigenvalue weighted by Crippen LogP contribution is -2.74. The Bertz CT molecular complexity index is 3790. The van der Waals surface area contributed by atoms with Gasteiger partial charge in [-0.25, -0.2) is 4.98 Å². The standard InChI is InChI=1S/C59H40N4Si/c1-5-19-41(20-6-1)63-58-39-52-49-30-14-16-33-55(49)62(57(52)40-53(58)50-31-18-36-60-59(50)63)43-34-35-56-51(38-43)48-29-13-15-32-54(48)61(56)42-21-17-28-47(37-42)64(44-22-7-2-8-23-44,45-24-9-3-10-25-45)46-26-11-4-12-27-46/h1-40H. The van der Waals surface area contributed by atoms with E-state index < -0.39 is 8.07 Å². The second kappa shape index (κ2) is 14.4. The molecule has 0 aliphatic carbocycles. The topological polar surface area (TPSA) is 27.7 Å². The predicted molar refractivity (Wildman–Crippen MR) is 271 cm³/mol. The Kier molecular flexibility index (Phi) is 8.20. The average Bonchev–Trinajstić information content (AvgIpc) is 4.00. The van der Waals surface area contributed by atoms with Crippen molar-refractivity contribution in [1.29, 1.82) is 0 Å². The Labute approximate surface area is 371 Å². The number of rotatable bonds is 7. The molecule has 0 aliphatic rings. The fourth-order valence-corrected chi connectivity index (χ4v) is 15.5. The lowest BCUT2D eigenvalue weighted by Gasteiger charge is -2.34. The van der Waals surface area contributed by atoms with Crippen molar-refractivity contribution in [2.24, 2.45) is 0 Å². The molecule has 0 unspecified atom stereocenters. The summed E-state index contributed by atoms with van der Waals surface area (Å²) >= 11 is 0. The molecule has 13 aromatic rings. The van der Waals surface area contributed by atoms with Crippen LogP contribution in [0.3, 0.4) is 0 Å². The monoisotopic (exact) mass is 832 g/mol. The second-order valence-electron chi connectivity index (χ2n) is 16.7. The van der Waals surface area contributed by atoms with Gasteiger partial charge in [0.05, 0.1) is 27.6 Å². The largest absolute Gasteiger partial charge is 0.309 e. The van der Waals surface area contributed by atoms with E-state index in [1.165, 1.54) is 69.7 Å². The van der Waals surface area contributed by atoms with Crippen molar-refractivity contribution in [3.05, 3.63) is 243 Å². The van der Waals surface area contributed by atoms with Crippen LogP contribution in [0.5, 0.6) is 0 Å². The SMILES string of the molecule is c1ccc(-n2c3cc4c5ccccc5n(-c5ccc6c(c5)c5ccccc5n6-c5cccc([Si](c6ccccc6)(c6ccccc6)c6ccccc6)c5)c4cc3c3cccnc32)cc1. The van der Waals surface area contributed by atoms with Crippen LogP contribution >= 0.6 is 0 Å². The van der Waals surface area contributed by atoms with Crippen LogP contribution in [0.1, 0.15) is 0 Å². The van der Waals surface area contributed by atoms with Gasteiger partial charge >= 0.3 is 0 Å². The van der Waals surface area contributed by atoms with E-state index >= 15 is 0 Å². The maximum Gasteiger partial charge on any atom is 0.179 e. The summed E-state index contributed by atoms with van der Waals surface area (Å²) in [6.45, 7) is 0. The number of hydrogen-bond donors (Lipinski definition) is 0. The molecule has 9 aromatic carbocycles. The maximum absolute atomic E-state index is 4.92. The minimum absolute atomic E-state index is 0.960. The summed E-state index contributed by atoms with van der Waals surface area (Å²) in [7, 11) is -2.75. The Morgan fingerprint density at radius 3 is 1.33 bits per heavy atom. The van der Waals surface area contributed by atoms with E-state index in [9.17, 15) is 0 Å². The predicted octanol–water partition coefficient (Wildman–Crippen LogP) is 11.8. The molecule has 0 radical (unpaired) electrons. The van der Waals surface area contributed by atoms with Crippen LogP contribution in [0.25, 0.3) is 82.6 Å². The van der Waals surface area contributed by atoms with Crippen LogP contribution in [0.15, 0.2) is 243 Å². The second-order valence-corrected chi connectivity index (χ2v) is 20.5. The first-order valence-corrected chi connectivity index (χ1v) is 24.0. The third-order valence-corrected chi connectivity index (χ3v) is 18.2. The summed E-state index contributed by atoms with van der Waals surface area (Å²) in [5, 5.41) is 12.6. The Hall–Kier alpha value is -8.25. The molecule has 4 nitrogen and oxygen atoms in total. The van der Waals surface area contributed by atoms with Crippen LogP contribution < -0.4 is 20.7 Å². The van der Waals surface area contributed by atoms with Gasteiger partial charge in [-0.1, -0.05) is 158 Å². The molecule has 0 saturated heterocycles. The number of pyridine rings is 1. The van der Waals surface area contributed by atoms with Gasteiger partial charge in [-0.05, 0) is 99.6 Å². The zero-order valence-corrected chi connectivity index (χ0v) is 35.9. The molecule has 5 heteroatoms. The van der Waals surface area contributed by atoms with Gasteiger partial charge in [0, 0.05) is 55.6 Å². The van der Waals surface area contributed by atoms with Gasteiger partial charge in [-0.3, -0.25) is 4.57 Å². The first kappa shape index (κ1) is 36.4. The van der Waals surface area contributed by atoms with Gasteiger partial charge in [0.1, 0.15) is 5.65 Å². The first-order chi connectivity index (χ1) is 31.8. The average molecular weight is 833 g/mol. The first-order valence-electron chi connectivity index (χ1n) is 22.0. The van der Waals surface area contributed by atoms with Crippen molar-refractivity contribution in [3.63, 3.8) is 0 Å². The van der Waals surface area contributed by atoms with Gasteiger partial charge in [0.15, 0.2) is 8.07 Å². The highest BCUT2D eigenvalue weighted by molar-refractivity contribution is 7.19. The molecule has 300 valence electrons. The van der Waals surface area contributed by atoms with Gasteiger partial charge in [0.2, 0.25) is 0 Å². The lowest BCUT2D eigenvalue weighted by molar-refractivity contribution is 1.14. The van der Waals surface area contributed by atoms with Crippen molar-refractivity contribution >= 4 is 94.4 Å². The summed E-state index contributed by atoms with van der Waals surface area (Å²) in [5.41, 5.74) is 10.2. The van der Waals surface area contributed by atoms with Crippen LogP contribution in [-0.2, 0) is 0 Å². The molecule has 4 aromatic heterocycles. The fourth-order valence-electron chi connectivity index (χ4n) is 10.7. The smallest absolute Gasteiger partial charge is 0.179 e. The summed E-state index contributed by atoms with van der Waals surface area (Å²) in [6, 6.07) is 87.2. The molecule has 64 heavy (non-hydrogen) atoms. The Balaban J connectivity index is 1.04. The van der Waals surface area contributed by atoms with E-state index in [4.69, 9.17) is 4.98 Å². The molecule has 0 spiro atoms. The van der Waals surface area contributed by atoms with E-state index in [-0.39, 0.29) is 0 Å². The molecule has 0 amide bonds. The van der Waals surface area contributed by atoms with Gasteiger partial charge in [-0.15, -0.1) is 0 Å². The highest BCUT2D eigenvalue weighted by atomic mass is 28.3. The van der Waals surface area contributed by atoms with Crippen molar-refractivity contribution in [1.82, 2.24) is 18.7 Å². The maximum atomic E-state index is 4.92. The van der Waals surface area contributed by atoms with E-state index in [0.717, 1.165) is 33.6 Å². The van der Waals surface area contributed by atoms with E-state index in [1.54, 1.807) is 0 Å². The quantitative estimate of drug-likeness (QED) is 0.116. The zero-order valence-electron chi connectivity index (χ0n) is 34.9. The van der Waals surface area contributed by atoms with Crippen LogP contribution in [0.4, 0.5) is 0 Å². The van der Waals surface area contributed by atoms with E-state index in [2.05, 4.69) is 244 Å². The molecule has 0 saturated carbocycles. The Morgan fingerprint density at radius 2 is 0.703 bits per heavy atom. The highest BCUT2D eigenvalue weighted by Gasteiger charge is 2.41. The summed E-state index contributed by atoms with van der Waals surface area (Å²) < 4.78 is 7.23. The van der Waals surface area contributed by atoms with Crippen molar-refractivity contribution in [2.75, 3.05) is 0 Å². The highest BCUT2D eigenvalue weighted by Crippen LogP contribution is 2.40. The van der Waals surface area contributed by atoms with Crippen molar-refractivity contribution < 1.29 is 0 Å². The van der Waals surface area contributed by atoms with Gasteiger partial charge in [-0.2, -0.15) is 0 Å². The molecular formula is C59H40N4Si. The van der Waals surface area contributed by atoms with Crippen LogP contribution in [0, 0.1) is 0 Å². The van der Waals surface area contributed by atoms with E-state index in [1.807, 2.05) is 12.3 Å². The molecule has 4 heterocycles. The van der Waals surface area contributed by atoms with E-state index in [0.29, 0.717) is 0 Å².